The summed E-state index contributed by atoms with van der Waals surface area (Å²) in [7, 11) is -4.00. The zero-order valence-electron chi connectivity index (χ0n) is 7.68. The molecule has 2 atom stereocenters. The van der Waals surface area contributed by atoms with Gasteiger partial charge in [0, 0.05) is 6.54 Å². The second-order valence-electron chi connectivity index (χ2n) is 2.53. The minimum atomic E-state index is -4.00. The fourth-order valence-electron chi connectivity index (χ4n) is 0.569. The first-order valence-electron chi connectivity index (χ1n) is 4.13. The Morgan fingerprint density at radius 3 is 2.69 bits per heavy atom. The van der Waals surface area contributed by atoms with Crippen LogP contribution in [0.5, 0.6) is 0 Å². The Balaban J connectivity index is 3.73. The van der Waals surface area contributed by atoms with Crippen LogP contribution in [0.3, 0.4) is 0 Å². The van der Waals surface area contributed by atoms with Gasteiger partial charge in [-0.1, -0.05) is 13.3 Å². The van der Waals surface area contributed by atoms with Crippen molar-refractivity contribution in [2.75, 3.05) is 13.2 Å². The highest BCUT2D eigenvalue weighted by atomic mass is 31.2. The van der Waals surface area contributed by atoms with E-state index in [1.54, 1.807) is 0 Å². The summed E-state index contributed by atoms with van der Waals surface area (Å²) < 4.78 is 20.1. The Morgan fingerprint density at radius 1 is 1.62 bits per heavy atom. The van der Waals surface area contributed by atoms with E-state index in [9.17, 15) is 4.57 Å². The molecule has 0 aromatic rings. The van der Waals surface area contributed by atoms with Crippen LogP contribution in [0.2, 0.25) is 0 Å². The number of nitrogens with two attached hydrogens (primary N) is 2. The summed E-state index contributed by atoms with van der Waals surface area (Å²) in [6, 6.07) is 0. The number of hydrogen-bond donors (Lipinski definition) is 3. The average Bonchev–Trinajstić information content (AvgIpc) is 2.03. The largest absolute Gasteiger partial charge is 0.473 e. The summed E-state index contributed by atoms with van der Waals surface area (Å²) >= 11 is 0. The normalized spacial score (nSPS) is 18.2. The zero-order valence-corrected chi connectivity index (χ0v) is 8.57. The zero-order chi connectivity index (χ0) is 10.3. The molecule has 7 heteroatoms. The van der Waals surface area contributed by atoms with Gasteiger partial charge in [0.1, 0.15) is 6.23 Å². The van der Waals surface area contributed by atoms with Crippen molar-refractivity contribution in [3.8, 4) is 0 Å². The molecule has 2 unspecified atom stereocenters. The monoisotopic (exact) mass is 212 g/mol. The molecule has 0 bridgehead atoms. The summed E-state index contributed by atoms with van der Waals surface area (Å²) in [6.45, 7) is 2.10. The van der Waals surface area contributed by atoms with E-state index in [2.05, 4.69) is 9.05 Å². The van der Waals surface area contributed by atoms with Crippen LogP contribution in [0.15, 0.2) is 0 Å². The minimum absolute atomic E-state index is 0.0261. The van der Waals surface area contributed by atoms with Crippen molar-refractivity contribution < 1.29 is 18.5 Å². The lowest BCUT2D eigenvalue weighted by atomic mass is 10.4. The molecule has 0 aromatic heterocycles. The number of rotatable bonds is 7. The predicted molar refractivity (Wildman–Crippen MR) is 48.8 cm³/mol. The average molecular weight is 212 g/mol. The molecule has 0 saturated carbocycles. The lowest BCUT2D eigenvalue weighted by Crippen LogP contribution is -2.31. The van der Waals surface area contributed by atoms with Gasteiger partial charge in [0.25, 0.3) is 0 Å². The van der Waals surface area contributed by atoms with E-state index in [4.69, 9.17) is 16.4 Å². The van der Waals surface area contributed by atoms with Gasteiger partial charge in [-0.05, 0) is 6.42 Å². The Labute approximate surface area is 77.8 Å². The van der Waals surface area contributed by atoms with Crippen molar-refractivity contribution in [3.05, 3.63) is 0 Å². The van der Waals surface area contributed by atoms with Crippen molar-refractivity contribution in [2.45, 2.75) is 26.0 Å². The molecule has 0 aliphatic carbocycles. The quantitative estimate of drug-likeness (QED) is 0.315. The molecule has 80 valence electrons. The lowest BCUT2D eigenvalue weighted by Gasteiger charge is -2.15. The molecule has 5 N–H and O–H groups in total. The van der Waals surface area contributed by atoms with Crippen LogP contribution in [0.4, 0.5) is 0 Å². The Morgan fingerprint density at radius 2 is 2.23 bits per heavy atom. The van der Waals surface area contributed by atoms with E-state index < -0.39 is 14.1 Å². The van der Waals surface area contributed by atoms with Crippen molar-refractivity contribution in [1.82, 2.24) is 0 Å². The smallest absolute Gasteiger partial charge is 0.327 e. The number of unbranched alkanes of at least 4 members (excludes halogenated alkanes) is 1. The molecule has 0 aliphatic rings. The summed E-state index contributed by atoms with van der Waals surface area (Å²) in [5.74, 6) is 0. The molecular weight excluding hydrogens is 195 g/mol. The summed E-state index contributed by atoms with van der Waals surface area (Å²) in [6.07, 6.45) is 0.617. The fourth-order valence-corrected chi connectivity index (χ4v) is 1.42. The first-order chi connectivity index (χ1) is 6.02. The van der Waals surface area contributed by atoms with E-state index in [0.29, 0.717) is 6.42 Å². The van der Waals surface area contributed by atoms with Gasteiger partial charge in [-0.2, -0.15) is 0 Å². The molecule has 0 amide bonds. The van der Waals surface area contributed by atoms with Crippen LogP contribution < -0.4 is 11.5 Å². The van der Waals surface area contributed by atoms with Crippen molar-refractivity contribution in [3.63, 3.8) is 0 Å². The maximum absolute atomic E-state index is 11.0. The van der Waals surface area contributed by atoms with E-state index >= 15 is 0 Å². The maximum atomic E-state index is 11.0. The third-order valence-electron chi connectivity index (χ3n) is 1.25. The van der Waals surface area contributed by atoms with E-state index in [0.717, 1.165) is 6.42 Å². The van der Waals surface area contributed by atoms with Gasteiger partial charge in [0.15, 0.2) is 0 Å². The highest BCUT2D eigenvalue weighted by Gasteiger charge is 2.23. The van der Waals surface area contributed by atoms with E-state index in [1.165, 1.54) is 0 Å². The van der Waals surface area contributed by atoms with Gasteiger partial charge in [-0.3, -0.25) is 9.05 Å². The van der Waals surface area contributed by atoms with Crippen LogP contribution in [0.1, 0.15) is 19.8 Å². The third-order valence-corrected chi connectivity index (χ3v) is 2.30. The fraction of sp³-hybridized carbons (Fsp3) is 1.00. The summed E-state index contributed by atoms with van der Waals surface area (Å²) in [5, 5.41) is 0. The highest BCUT2D eigenvalue weighted by Crippen LogP contribution is 2.43. The van der Waals surface area contributed by atoms with Gasteiger partial charge in [0.2, 0.25) is 0 Å². The van der Waals surface area contributed by atoms with Crippen molar-refractivity contribution in [2.24, 2.45) is 11.5 Å². The third kappa shape index (κ3) is 7.13. The first kappa shape index (κ1) is 13.0. The molecule has 0 fully saturated rings. The van der Waals surface area contributed by atoms with E-state index in [-0.39, 0.29) is 13.2 Å². The van der Waals surface area contributed by atoms with Gasteiger partial charge in [-0.25, -0.2) is 4.57 Å². The molecular formula is C6H17N2O4P. The molecule has 0 aromatic carbocycles. The standard InChI is InChI=1S/C6H17N2O4P/c1-2-3-4-11-13(9,10)12-6(8)5-7/h6H,2-5,7-8H2,1H3,(H,9,10). The first-order valence-corrected chi connectivity index (χ1v) is 5.62. The molecule has 0 rings (SSSR count). The Kier molecular flexibility index (Phi) is 6.49. The molecule has 0 saturated heterocycles. The highest BCUT2D eigenvalue weighted by molar-refractivity contribution is 7.47. The van der Waals surface area contributed by atoms with Crippen LogP contribution in [0.25, 0.3) is 0 Å². The van der Waals surface area contributed by atoms with Crippen molar-refractivity contribution in [1.29, 1.82) is 0 Å². The summed E-state index contributed by atoms with van der Waals surface area (Å²) in [5.41, 5.74) is 10.3. The number of phosphoric acid groups is 1. The molecule has 6 nitrogen and oxygen atoms in total. The predicted octanol–water partition coefficient (Wildman–Crippen LogP) is 0.164. The molecule has 0 spiro atoms. The summed E-state index contributed by atoms with van der Waals surface area (Å²) in [4.78, 5) is 9.02. The van der Waals surface area contributed by atoms with Crippen LogP contribution >= 0.6 is 7.82 Å². The number of hydrogen-bond acceptors (Lipinski definition) is 5. The van der Waals surface area contributed by atoms with Crippen LogP contribution in [0, 0.1) is 0 Å². The molecule has 0 aliphatic heterocycles. The minimum Gasteiger partial charge on any atom is -0.327 e. The maximum Gasteiger partial charge on any atom is 0.473 e. The lowest BCUT2D eigenvalue weighted by molar-refractivity contribution is 0.110. The molecule has 13 heavy (non-hydrogen) atoms. The topological polar surface area (TPSA) is 108 Å². The molecule has 0 radical (unpaired) electrons. The van der Waals surface area contributed by atoms with Crippen LogP contribution in [-0.2, 0) is 13.6 Å². The second-order valence-corrected chi connectivity index (χ2v) is 3.94. The molecule has 0 heterocycles. The van der Waals surface area contributed by atoms with Crippen LogP contribution in [-0.4, -0.2) is 24.3 Å². The number of phosphoric ester groups is 1. The SMILES string of the molecule is CCCCOP(=O)(O)OC(N)CN. The second kappa shape index (κ2) is 6.48. The van der Waals surface area contributed by atoms with Crippen molar-refractivity contribution >= 4 is 7.82 Å². The van der Waals surface area contributed by atoms with Gasteiger partial charge >= 0.3 is 7.82 Å². The van der Waals surface area contributed by atoms with Gasteiger partial charge < -0.3 is 16.4 Å². The Hall–Kier alpha value is 0.0300. The van der Waals surface area contributed by atoms with Gasteiger partial charge in [0.05, 0.1) is 6.61 Å². The Bertz CT molecular complexity index is 178. The van der Waals surface area contributed by atoms with E-state index in [1.807, 2.05) is 6.92 Å². The van der Waals surface area contributed by atoms with Gasteiger partial charge in [-0.15, -0.1) is 0 Å².